The maximum Gasteiger partial charge on any atom is 0.122 e. The molecule has 0 aliphatic carbocycles. The molecule has 0 spiro atoms. The van der Waals surface area contributed by atoms with Gasteiger partial charge in [0.1, 0.15) is 5.75 Å². The monoisotopic (exact) mass is 289 g/mol. The van der Waals surface area contributed by atoms with Crippen LogP contribution in [0.15, 0.2) is 18.2 Å². The van der Waals surface area contributed by atoms with E-state index in [1.165, 1.54) is 17.5 Å². The number of fused-ring (bicyclic) bond motifs is 1. The minimum Gasteiger partial charge on any atom is -0.493 e. The van der Waals surface area contributed by atoms with Crippen molar-refractivity contribution < 1.29 is 9.47 Å². The minimum atomic E-state index is 0.459. The minimum absolute atomic E-state index is 0.459. The summed E-state index contributed by atoms with van der Waals surface area (Å²) in [5.41, 5.74) is 2.81. The molecule has 1 fully saturated rings. The van der Waals surface area contributed by atoms with E-state index < -0.39 is 0 Å². The van der Waals surface area contributed by atoms with Crippen molar-refractivity contribution in [2.45, 2.75) is 45.1 Å². The molecule has 1 N–H and O–H groups in total. The van der Waals surface area contributed by atoms with Crippen molar-refractivity contribution in [3.05, 3.63) is 29.3 Å². The van der Waals surface area contributed by atoms with Gasteiger partial charge in [-0.25, -0.2) is 0 Å². The maximum atomic E-state index is 5.74. The zero-order valence-corrected chi connectivity index (χ0v) is 13.1. The first-order valence-corrected chi connectivity index (χ1v) is 8.45. The van der Waals surface area contributed by atoms with Crippen LogP contribution in [0.1, 0.15) is 49.8 Å². The molecule has 116 valence electrons. The Morgan fingerprint density at radius 1 is 1.24 bits per heavy atom. The average molecular weight is 289 g/mol. The van der Waals surface area contributed by atoms with E-state index in [1.807, 2.05) is 0 Å². The van der Waals surface area contributed by atoms with Crippen LogP contribution < -0.4 is 10.1 Å². The first-order valence-electron chi connectivity index (χ1n) is 8.45. The van der Waals surface area contributed by atoms with E-state index in [0.29, 0.717) is 12.0 Å². The Labute approximate surface area is 128 Å². The third-order valence-electron chi connectivity index (χ3n) is 4.64. The van der Waals surface area contributed by atoms with Gasteiger partial charge in [-0.05, 0) is 61.8 Å². The quantitative estimate of drug-likeness (QED) is 0.900. The van der Waals surface area contributed by atoms with E-state index in [0.717, 1.165) is 57.8 Å². The highest BCUT2D eigenvalue weighted by Gasteiger charge is 2.25. The van der Waals surface area contributed by atoms with E-state index in [-0.39, 0.29) is 0 Å². The van der Waals surface area contributed by atoms with Crippen molar-refractivity contribution in [1.82, 2.24) is 5.32 Å². The van der Waals surface area contributed by atoms with E-state index in [9.17, 15) is 0 Å². The van der Waals surface area contributed by atoms with Crippen LogP contribution in [0, 0.1) is 5.92 Å². The molecule has 3 heteroatoms. The Bertz CT molecular complexity index is 455. The summed E-state index contributed by atoms with van der Waals surface area (Å²) in [6.45, 7) is 5.99. The molecule has 2 heterocycles. The van der Waals surface area contributed by atoms with Gasteiger partial charge in [0.25, 0.3) is 0 Å². The van der Waals surface area contributed by atoms with Crippen molar-refractivity contribution in [2.24, 2.45) is 5.92 Å². The number of ether oxygens (including phenoxy) is 2. The normalized spacial score (nSPS) is 20.6. The Morgan fingerprint density at radius 3 is 2.90 bits per heavy atom. The van der Waals surface area contributed by atoms with Gasteiger partial charge >= 0.3 is 0 Å². The van der Waals surface area contributed by atoms with E-state index in [4.69, 9.17) is 9.47 Å². The highest BCUT2D eigenvalue weighted by Crippen LogP contribution is 2.34. The highest BCUT2D eigenvalue weighted by molar-refractivity contribution is 5.39. The van der Waals surface area contributed by atoms with Crippen LogP contribution in [0.5, 0.6) is 5.75 Å². The summed E-state index contributed by atoms with van der Waals surface area (Å²) in [4.78, 5) is 0. The van der Waals surface area contributed by atoms with Crippen molar-refractivity contribution in [3.8, 4) is 5.75 Å². The zero-order chi connectivity index (χ0) is 14.5. The zero-order valence-electron chi connectivity index (χ0n) is 13.1. The molecule has 2 aliphatic rings. The van der Waals surface area contributed by atoms with Gasteiger partial charge in [-0.1, -0.05) is 19.1 Å². The van der Waals surface area contributed by atoms with Gasteiger partial charge in [0.15, 0.2) is 0 Å². The van der Waals surface area contributed by atoms with Gasteiger partial charge in [0, 0.05) is 19.3 Å². The molecule has 21 heavy (non-hydrogen) atoms. The Hall–Kier alpha value is -1.06. The number of rotatable bonds is 5. The molecule has 1 saturated heterocycles. The second kappa shape index (κ2) is 7.28. The molecule has 1 aromatic carbocycles. The molecule has 0 radical (unpaired) electrons. The van der Waals surface area contributed by atoms with Crippen LogP contribution in [-0.2, 0) is 11.2 Å². The van der Waals surface area contributed by atoms with Crippen LogP contribution in [0.2, 0.25) is 0 Å². The largest absolute Gasteiger partial charge is 0.493 e. The molecule has 0 aromatic heterocycles. The van der Waals surface area contributed by atoms with Crippen molar-refractivity contribution in [1.29, 1.82) is 0 Å². The summed E-state index contributed by atoms with van der Waals surface area (Å²) in [6, 6.07) is 7.26. The fourth-order valence-corrected chi connectivity index (χ4v) is 3.48. The lowest BCUT2D eigenvalue weighted by atomic mass is 9.86. The van der Waals surface area contributed by atoms with Crippen molar-refractivity contribution in [2.75, 3.05) is 26.4 Å². The number of aryl methyl sites for hydroxylation is 1. The average Bonchev–Trinajstić information content (AvgIpc) is 2.56. The van der Waals surface area contributed by atoms with Crippen molar-refractivity contribution >= 4 is 0 Å². The second-order valence-electron chi connectivity index (χ2n) is 6.20. The molecule has 3 rings (SSSR count). The second-order valence-corrected chi connectivity index (χ2v) is 6.20. The van der Waals surface area contributed by atoms with Gasteiger partial charge < -0.3 is 14.8 Å². The third-order valence-corrected chi connectivity index (χ3v) is 4.64. The summed E-state index contributed by atoms with van der Waals surface area (Å²) in [6.07, 6.45) is 5.79. The molecule has 3 nitrogen and oxygen atoms in total. The number of hydrogen-bond donors (Lipinski definition) is 1. The predicted molar refractivity (Wildman–Crippen MR) is 84.8 cm³/mol. The Balaban J connectivity index is 1.80. The van der Waals surface area contributed by atoms with E-state index >= 15 is 0 Å². The van der Waals surface area contributed by atoms with Crippen LogP contribution >= 0.6 is 0 Å². The van der Waals surface area contributed by atoms with Gasteiger partial charge in [0.05, 0.1) is 6.61 Å². The SMILES string of the molecule is CCCNC(c1ccc2c(c1)CCCO2)C1CCOCC1. The summed E-state index contributed by atoms with van der Waals surface area (Å²) >= 11 is 0. The lowest BCUT2D eigenvalue weighted by Gasteiger charge is -2.32. The molecule has 1 unspecified atom stereocenters. The Kier molecular flexibility index (Phi) is 5.15. The number of hydrogen-bond acceptors (Lipinski definition) is 3. The van der Waals surface area contributed by atoms with Crippen LogP contribution in [-0.4, -0.2) is 26.4 Å². The lowest BCUT2D eigenvalue weighted by Crippen LogP contribution is -2.32. The fraction of sp³-hybridized carbons (Fsp3) is 0.667. The summed E-state index contributed by atoms with van der Waals surface area (Å²) < 4.78 is 11.3. The first-order chi connectivity index (χ1) is 10.4. The Morgan fingerprint density at radius 2 is 2.10 bits per heavy atom. The standard InChI is InChI=1S/C18H27NO2/c1-2-9-19-18(14-7-11-20-12-8-14)16-5-6-17-15(13-16)4-3-10-21-17/h5-6,13-14,18-19H,2-4,7-12H2,1H3. The summed E-state index contributed by atoms with van der Waals surface area (Å²) in [7, 11) is 0. The molecular formula is C18H27NO2. The van der Waals surface area contributed by atoms with Crippen molar-refractivity contribution in [3.63, 3.8) is 0 Å². The van der Waals surface area contributed by atoms with Crippen LogP contribution in [0.3, 0.4) is 0 Å². The molecule has 0 saturated carbocycles. The van der Waals surface area contributed by atoms with Gasteiger partial charge in [-0.3, -0.25) is 0 Å². The third kappa shape index (κ3) is 3.58. The summed E-state index contributed by atoms with van der Waals surface area (Å²) in [5.74, 6) is 1.78. The molecular weight excluding hydrogens is 262 g/mol. The topological polar surface area (TPSA) is 30.5 Å². The molecule has 1 aromatic rings. The molecule has 1 atom stereocenters. The lowest BCUT2D eigenvalue weighted by molar-refractivity contribution is 0.0536. The highest BCUT2D eigenvalue weighted by atomic mass is 16.5. The van der Waals surface area contributed by atoms with Gasteiger partial charge in [0.2, 0.25) is 0 Å². The van der Waals surface area contributed by atoms with Crippen LogP contribution in [0.4, 0.5) is 0 Å². The predicted octanol–water partition coefficient (Wildman–Crippen LogP) is 3.48. The number of benzene rings is 1. The van der Waals surface area contributed by atoms with Crippen LogP contribution in [0.25, 0.3) is 0 Å². The summed E-state index contributed by atoms with van der Waals surface area (Å²) in [5, 5.41) is 3.77. The number of nitrogens with one attached hydrogen (secondary N) is 1. The molecule has 2 aliphatic heterocycles. The fourth-order valence-electron chi connectivity index (χ4n) is 3.48. The van der Waals surface area contributed by atoms with Gasteiger partial charge in [-0.15, -0.1) is 0 Å². The molecule has 0 bridgehead atoms. The maximum absolute atomic E-state index is 5.74. The smallest absolute Gasteiger partial charge is 0.122 e. The molecule has 0 amide bonds. The van der Waals surface area contributed by atoms with Gasteiger partial charge in [-0.2, -0.15) is 0 Å². The van der Waals surface area contributed by atoms with E-state index in [2.05, 4.69) is 30.4 Å². The first kappa shape index (κ1) is 14.9. The van der Waals surface area contributed by atoms with E-state index in [1.54, 1.807) is 0 Å².